The van der Waals surface area contributed by atoms with E-state index in [0.717, 1.165) is 24.6 Å². The van der Waals surface area contributed by atoms with Crippen molar-refractivity contribution in [2.75, 3.05) is 6.54 Å². The maximum atomic E-state index is 13.7. The van der Waals surface area contributed by atoms with E-state index in [4.69, 9.17) is 0 Å². The highest BCUT2D eigenvalue weighted by atomic mass is 19.1. The molecule has 0 radical (unpaired) electrons. The van der Waals surface area contributed by atoms with Gasteiger partial charge in [0.1, 0.15) is 11.6 Å². The summed E-state index contributed by atoms with van der Waals surface area (Å²) in [7, 11) is 0. The summed E-state index contributed by atoms with van der Waals surface area (Å²) in [4.78, 5) is 0. The van der Waals surface area contributed by atoms with Crippen LogP contribution in [0.5, 0.6) is 0 Å². The fourth-order valence-corrected chi connectivity index (χ4v) is 1.74. The van der Waals surface area contributed by atoms with Gasteiger partial charge >= 0.3 is 0 Å². The fourth-order valence-electron chi connectivity index (χ4n) is 1.74. The summed E-state index contributed by atoms with van der Waals surface area (Å²) in [5.74, 6) is -1.04. The van der Waals surface area contributed by atoms with Gasteiger partial charge in [-0.25, -0.2) is 8.78 Å². The summed E-state index contributed by atoms with van der Waals surface area (Å²) in [6.45, 7) is 10.1. The van der Waals surface area contributed by atoms with Crippen LogP contribution in [-0.4, -0.2) is 6.54 Å². The van der Waals surface area contributed by atoms with Crippen molar-refractivity contribution in [1.29, 1.82) is 0 Å². The van der Waals surface area contributed by atoms with Gasteiger partial charge < -0.3 is 5.32 Å². The summed E-state index contributed by atoms with van der Waals surface area (Å²) in [6, 6.07) is 2.23. The summed E-state index contributed by atoms with van der Waals surface area (Å²) in [6.07, 6.45) is 0.950. The van der Waals surface area contributed by atoms with Crippen molar-refractivity contribution >= 4 is 0 Å². The Hall–Kier alpha value is -1.22. The molecule has 0 aliphatic heterocycles. The second-order valence-corrected chi connectivity index (χ2v) is 4.36. The maximum absolute atomic E-state index is 13.7. The largest absolute Gasteiger partial charge is 0.306 e. The van der Waals surface area contributed by atoms with Crippen molar-refractivity contribution < 1.29 is 8.78 Å². The molecule has 1 unspecified atom stereocenters. The average Bonchev–Trinajstić information content (AvgIpc) is 2.25. The molecular formula is C14H19F2N. The number of halogens is 2. The Bertz CT molecular complexity index is 413. The molecule has 1 atom stereocenters. The lowest BCUT2D eigenvalue weighted by Crippen LogP contribution is -2.24. The van der Waals surface area contributed by atoms with Crippen LogP contribution in [-0.2, 0) is 0 Å². The highest BCUT2D eigenvalue weighted by molar-refractivity contribution is 5.32. The number of aryl methyl sites for hydroxylation is 1. The highest BCUT2D eigenvalue weighted by Crippen LogP contribution is 2.25. The Balaban J connectivity index is 3.09. The molecule has 0 bridgehead atoms. The Kier molecular flexibility index (Phi) is 4.82. The molecule has 0 aliphatic rings. The molecule has 0 aliphatic carbocycles. The third kappa shape index (κ3) is 3.37. The van der Waals surface area contributed by atoms with Crippen LogP contribution in [0.15, 0.2) is 24.3 Å². The third-order valence-electron chi connectivity index (χ3n) is 2.68. The number of rotatable bonds is 5. The predicted molar refractivity (Wildman–Crippen MR) is 66.9 cm³/mol. The smallest absolute Gasteiger partial charge is 0.131 e. The van der Waals surface area contributed by atoms with Gasteiger partial charge in [-0.15, -0.1) is 0 Å². The van der Waals surface area contributed by atoms with Gasteiger partial charge in [-0.1, -0.05) is 19.1 Å². The minimum Gasteiger partial charge on any atom is -0.306 e. The lowest BCUT2D eigenvalue weighted by molar-refractivity contribution is 0.526. The van der Waals surface area contributed by atoms with E-state index in [2.05, 4.69) is 11.9 Å². The zero-order chi connectivity index (χ0) is 13.0. The molecule has 94 valence electrons. The Labute approximate surface area is 102 Å². The van der Waals surface area contributed by atoms with Crippen molar-refractivity contribution in [2.45, 2.75) is 33.2 Å². The Morgan fingerprint density at radius 2 is 2.00 bits per heavy atom. The SMILES string of the molecule is C=C(C)C(NCCC)c1cc(C)c(F)cc1F. The van der Waals surface area contributed by atoms with Crippen molar-refractivity contribution in [3.05, 3.63) is 47.0 Å². The number of benzene rings is 1. The van der Waals surface area contributed by atoms with Crippen LogP contribution in [0.2, 0.25) is 0 Å². The van der Waals surface area contributed by atoms with Crippen LogP contribution in [0.1, 0.15) is 37.4 Å². The van der Waals surface area contributed by atoms with Crippen LogP contribution >= 0.6 is 0 Å². The molecule has 1 N–H and O–H groups in total. The lowest BCUT2D eigenvalue weighted by Gasteiger charge is -2.20. The van der Waals surface area contributed by atoms with E-state index >= 15 is 0 Å². The first-order chi connectivity index (χ1) is 7.97. The lowest BCUT2D eigenvalue weighted by atomic mass is 9.98. The second-order valence-electron chi connectivity index (χ2n) is 4.36. The van der Waals surface area contributed by atoms with E-state index in [1.165, 1.54) is 0 Å². The van der Waals surface area contributed by atoms with E-state index in [1.54, 1.807) is 13.0 Å². The standard InChI is InChI=1S/C14H19F2N/c1-5-6-17-14(9(2)3)11-7-10(4)12(15)8-13(11)16/h7-8,14,17H,2,5-6H2,1,3-4H3. The Morgan fingerprint density at radius 1 is 1.35 bits per heavy atom. The van der Waals surface area contributed by atoms with Crippen molar-refractivity contribution in [1.82, 2.24) is 5.32 Å². The summed E-state index contributed by atoms with van der Waals surface area (Å²) < 4.78 is 26.9. The number of hydrogen-bond donors (Lipinski definition) is 1. The predicted octanol–water partition coefficient (Wildman–Crippen LogP) is 3.89. The molecule has 0 amide bonds. The Morgan fingerprint density at radius 3 is 2.53 bits per heavy atom. The average molecular weight is 239 g/mol. The summed E-state index contributed by atoms with van der Waals surface area (Å²) in [5.41, 5.74) is 1.74. The minimum atomic E-state index is -0.523. The molecule has 0 fully saturated rings. The van der Waals surface area contributed by atoms with Crippen molar-refractivity contribution in [3.63, 3.8) is 0 Å². The van der Waals surface area contributed by atoms with Crippen LogP contribution in [0.4, 0.5) is 8.78 Å². The van der Waals surface area contributed by atoms with Gasteiger partial charge in [0, 0.05) is 11.6 Å². The van der Waals surface area contributed by atoms with Crippen molar-refractivity contribution in [2.24, 2.45) is 0 Å². The van der Waals surface area contributed by atoms with Gasteiger partial charge in [-0.3, -0.25) is 0 Å². The van der Waals surface area contributed by atoms with Gasteiger partial charge in [-0.2, -0.15) is 0 Å². The molecule has 1 aromatic carbocycles. The monoisotopic (exact) mass is 239 g/mol. The first kappa shape index (κ1) is 13.8. The zero-order valence-electron chi connectivity index (χ0n) is 10.6. The van der Waals surface area contributed by atoms with Crippen molar-refractivity contribution in [3.8, 4) is 0 Å². The van der Waals surface area contributed by atoms with Gasteiger partial charge in [0.25, 0.3) is 0 Å². The summed E-state index contributed by atoms with van der Waals surface area (Å²) in [5, 5.41) is 3.21. The van der Waals surface area contributed by atoms with Gasteiger partial charge in [0.2, 0.25) is 0 Å². The first-order valence-corrected chi connectivity index (χ1v) is 5.81. The summed E-state index contributed by atoms with van der Waals surface area (Å²) >= 11 is 0. The number of hydrogen-bond acceptors (Lipinski definition) is 1. The normalized spacial score (nSPS) is 12.5. The topological polar surface area (TPSA) is 12.0 Å². The molecule has 1 nitrogen and oxygen atoms in total. The zero-order valence-corrected chi connectivity index (χ0v) is 10.6. The molecule has 17 heavy (non-hydrogen) atoms. The molecule has 0 spiro atoms. The maximum Gasteiger partial charge on any atom is 0.131 e. The number of nitrogens with one attached hydrogen (secondary N) is 1. The molecule has 3 heteroatoms. The fraction of sp³-hybridized carbons (Fsp3) is 0.429. The van der Waals surface area contributed by atoms with Crippen LogP contribution in [0.25, 0.3) is 0 Å². The molecule has 1 aromatic rings. The molecule has 0 heterocycles. The molecule has 1 rings (SSSR count). The van der Waals surface area contributed by atoms with Crippen LogP contribution < -0.4 is 5.32 Å². The second kappa shape index (κ2) is 5.92. The van der Waals surface area contributed by atoms with E-state index in [1.807, 2.05) is 13.8 Å². The van der Waals surface area contributed by atoms with E-state index in [-0.39, 0.29) is 6.04 Å². The first-order valence-electron chi connectivity index (χ1n) is 5.81. The van der Waals surface area contributed by atoms with E-state index in [0.29, 0.717) is 11.1 Å². The van der Waals surface area contributed by atoms with Gasteiger partial charge in [0.15, 0.2) is 0 Å². The molecule has 0 saturated carbocycles. The van der Waals surface area contributed by atoms with E-state index < -0.39 is 11.6 Å². The molecule has 0 aromatic heterocycles. The van der Waals surface area contributed by atoms with Gasteiger partial charge in [-0.05, 0) is 38.4 Å². The highest BCUT2D eigenvalue weighted by Gasteiger charge is 2.17. The molecule has 0 saturated heterocycles. The van der Waals surface area contributed by atoms with Gasteiger partial charge in [0.05, 0.1) is 6.04 Å². The molecular weight excluding hydrogens is 220 g/mol. The minimum absolute atomic E-state index is 0.255. The quantitative estimate of drug-likeness (QED) is 0.769. The van der Waals surface area contributed by atoms with Crippen LogP contribution in [0.3, 0.4) is 0 Å². The van der Waals surface area contributed by atoms with E-state index in [9.17, 15) is 8.78 Å². The third-order valence-corrected chi connectivity index (χ3v) is 2.68. The van der Waals surface area contributed by atoms with Crippen LogP contribution in [0, 0.1) is 18.6 Å².